The molecule has 1 aliphatic heterocycles. The summed E-state index contributed by atoms with van der Waals surface area (Å²) >= 11 is 0. The summed E-state index contributed by atoms with van der Waals surface area (Å²) in [5.41, 5.74) is 2.09. The van der Waals surface area contributed by atoms with E-state index in [0.29, 0.717) is 18.1 Å². The molecule has 0 spiro atoms. The third-order valence-corrected chi connectivity index (χ3v) is 4.68. The highest BCUT2D eigenvalue weighted by Gasteiger charge is 2.28. The zero-order valence-electron chi connectivity index (χ0n) is 15.6. The number of carbonyl (C=O) groups excluding carboxylic acids is 1. The molecule has 1 atom stereocenters. The van der Waals surface area contributed by atoms with Crippen molar-refractivity contribution in [2.24, 2.45) is 0 Å². The van der Waals surface area contributed by atoms with Crippen molar-refractivity contribution in [3.63, 3.8) is 0 Å². The van der Waals surface area contributed by atoms with Gasteiger partial charge >= 0.3 is 0 Å². The molecule has 140 valence electrons. The van der Waals surface area contributed by atoms with Crippen LogP contribution in [0.4, 0.5) is 0 Å². The second-order valence-electron chi connectivity index (χ2n) is 6.44. The van der Waals surface area contributed by atoms with Gasteiger partial charge in [0.15, 0.2) is 11.5 Å². The molecule has 2 aromatic carbocycles. The molecule has 0 N–H and O–H groups in total. The van der Waals surface area contributed by atoms with Crippen molar-refractivity contribution >= 4 is 12.0 Å². The van der Waals surface area contributed by atoms with Gasteiger partial charge in [0.25, 0.3) is 0 Å². The van der Waals surface area contributed by atoms with Crippen LogP contribution in [-0.4, -0.2) is 31.1 Å². The lowest BCUT2D eigenvalue weighted by atomic mass is 10.0. The third kappa shape index (κ3) is 4.59. The van der Waals surface area contributed by atoms with E-state index in [-0.39, 0.29) is 11.9 Å². The number of hydrogen-bond donors (Lipinski definition) is 0. The number of hydrogen-bond acceptors (Lipinski definition) is 3. The summed E-state index contributed by atoms with van der Waals surface area (Å²) in [6.07, 6.45) is 7.18. The molecule has 1 aliphatic rings. The molecule has 4 nitrogen and oxygen atoms in total. The lowest BCUT2D eigenvalue weighted by Crippen LogP contribution is -2.28. The highest BCUT2D eigenvalue weighted by molar-refractivity contribution is 5.92. The Labute approximate surface area is 160 Å². The molecule has 0 radical (unpaired) electrons. The minimum Gasteiger partial charge on any atom is -0.493 e. The van der Waals surface area contributed by atoms with E-state index >= 15 is 0 Å². The minimum absolute atomic E-state index is 0.0345. The van der Waals surface area contributed by atoms with E-state index in [1.165, 1.54) is 5.56 Å². The van der Waals surface area contributed by atoms with Gasteiger partial charge < -0.3 is 14.4 Å². The first-order valence-corrected chi connectivity index (χ1v) is 9.18. The topological polar surface area (TPSA) is 38.8 Å². The van der Waals surface area contributed by atoms with Crippen LogP contribution in [0.5, 0.6) is 11.5 Å². The summed E-state index contributed by atoms with van der Waals surface area (Å²) in [7, 11) is 1.60. The predicted molar refractivity (Wildman–Crippen MR) is 108 cm³/mol. The molecule has 1 heterocycles. The maximum absolute atomic E-state index is 12.7. The molecule has 2 aromatic rings. The van der Waals surface area contributed by atoms with Crippen molar-refractivity contribution in [1.82, 2.24) is 4.90 Å². The van der Waals surface area contributed by atoms with Crippen LogP contribution in [0.2, 0.25) is 0 Å². The summed E-state index contributed by atoms with van der Waals surface area (Å²) in [4.78, 5) is 14.7. The van der Waals surface area contributed by atoms with E-state index in [1.54, 1.807) is 19.3 Å². The lowest BCUT2D eigenvalue weighted by Gasteiger charge is -2.23. The first-order valence-electron chi connectivity index (χ1n) is 9.18. The van der Waals surface area contributed by atoms with Gasteiger partial charge in [-0.25, -0.2) is 0 Å². The fourth-order valence-electron chi connectivity index (χ4n) is 3.37. The predicted octanol–water partition coefficient (Wildman–Crippen LogP) is 4.64. The summed E-state index contributed by atoms with van der Waals surface area (Å²) in [5.74, 6) is 1.33. The van der Waals surface area contributed by atoms with E-state index in [2.05, 4.69) is 18.7 Å². The normalized spacial score (nSPS) is 16.5. The molecule has 27 heavy (non-hydrogen) atoms. The number of rotatable bonds is 7. The second kappa shape index (κ2) is 9.08. The van der Waals surface area contributed by atoms with Crippen LogP contribution in [0, 0.1) is 0 Å². The van der Waals surface area contributed by atoms with Crippen molar-refractivity contribution in [1.29, 1.82) is 0 Å². The van der Waals surface area contributed by atoms with Crippen LogP contribution < -0.4 is 9.47 Å². The van der Waals surface area contributed by atoms with Gasteiger partial charge in [-0.1, -0.05) is 49.1 Å². The fraction of sp³-hybridized carbons (Fsp3) is 0.261. The summed E-state index contributed by atoms with van der Waals surface area (Å²) in [6, 6.07) is 16.0. The average Bonchev–Trinajstić information content (AvgIpc) is 3.21. The van der Waals surface area contributed by atoms with Gasteiger partial charge in [0.05, 0.1) is 13.2 Å². The zero-order valence-corrected chi connectivity index (χ0v) is 15.6. The molecule has 0 aromatic heterocycles. The number of nitrogens with zero attached hydrogens (tertiary/aromatic N) is 1. The molecule has 0 bridgehead atoms. The Kier molecular flexibility index (Phi) is 6.31. The van der Waals surface area contributed by atoms with Gasteiger partial charge in [-0.2, -0.15) is 0 Å². The Morgan fingerprint density at radius 1 is 1.22 bits per heavy atom. The molecule has 1 saturated heterocycles. The highest BCUT2D eigenvalue weighted by Crippen LogP contribution is 2.32. The monoisotopic (exact) mass is 363 g/mol. The van der Waals surface area contributed by atoms with Gasteiger partial charge in [-0.3, -0.25) is 4.79 Å². The van der Waals surface area contributed by atoms with Crippen LogP contribution in [-0.2, 0) is 4.79 Å². The number of likely N-dealkylation sites (tertiary alicyclic amines) is 1. The molecule has 0 saturated carbocycles. The van der Waals surface area contributed by atoms with Crippen LogP contribution in [0.1, 0.15) is 30.0 Å². The highest BCUT2D eigenvalue weighted by atomic mass is 16.5. The Morgan fingerprint density at radius 3 is 2.78 bits per heavy atom. The average molecular weight is 363 g/mol. The maximum Gasteiger partial charge on any atom is 0.247 e. The summed E-state index contributed by atoms with van der Waals surface area (Å²) in [6.45, 7) is 4.85. The van der Waals surface area contributed by atoms with Gasteiger partial charge in [0.1, 0.15) is 6.61 Å². The van der Waals surface area contributed by atoms with Crippen LogP contribution in [0.15, 0.2) is 67.3 Å². The summed E-state index contributed by atoms with van der Waals surface area (Å²) < 4.78 is 10.9. The SMILES string of the molecule is C=CCOc1ccc(/C=C/C(=O)N2CCCC2c2ccccc2)cc1OC. The number of benzene rings is 2. The van der Waals surface area contributed by atoms with Crippen LogP contribution >= 0.6 is 0 Å². The first kappa shape index (κ1) is 18.8. The molecule has 4 heteroatoms. The van der Waals surface area contributed by atoms with Crippen molar-refractivity contribution in [2.75, 3.05) is 20.3 Å². The van der Waals surface area contributed by atoms with Crippen molar-refractivity contribution < 1.29 is 14.3 Å². The second-order valence-corrected chi connectivity index (χ2v) is 6.44. The van der Waals surface area contributed by atoms with E-state index < -0.39 is 0 Å². The van der Waals surface area contributed by atoms with Crippen molar-refractivity contribution in [2.45, 2.75) is 18.9 Å². The number of amides is 1. The zero-order chi connectivity index (χ0) is 19.1. The van der Waals surface area contributed by atoms with Crippen molar-refractivity contribution in [3.8, 4) is 11.5 Å². The van der Waals surface area contributed by atoms with Crippen molar-refractivity contribution in [3.05, 3.63) is 78.4 Å². The van der Waals surface area contributed by atoms with Crippen LogP contribution in [0.3, 0.4) is 0 Å². The number of ether oxygens (including phenoxy) is 2. The largest absolute Gasteiger partial charge is 0.493 e. The van der Waals surface area contributed by atoms with Gasteiger partial charge in [-0.15, -0.1) is 0 Å². The molecule has 1 amide bonds. The Morgan fingerprint density at radius 2 is 2.04 bits per heavy atom. The quantitative estimate of drug-likeness (QED) is 0.531. The third-order valence-electron chi connectivity index (χ3n) is 4.68. The minimum atomic E-state index is 0.0345. The lowest BCUT2D eigenvalue weighted by molar-refractivity contribution is -0.126. The Bertz CT molecular complexity index is 814. The number of carbonyl (C=O) groups is 1. The van der Waals surface area contributed by atoms with Gasteiger partial charge in [0, 0.05) is 12.6 Å². The fourth-order valence-corrected chi connectivity index (χ4v) is 3.37. The van der Waals surface area contributed by atoms with E-state index in [4.69, 9.17) is 9.47 Å². The van der Waals surface area contributed by atoms with E-state index in [0.717, 1.165) is 24.9 Å². The molecule has 0 aliphatic carbocycles. The Hall–Kier alpha value is -3.01. The standard InChI is InChI=1S/C23H25NO3/c1-3-16-27-21-13-11-18(17-22(21)26-2)12-14-23(25)24-15-7-10-20(24)19-8-5-4-6-9-19/h3-6,8-9,11-14,17,20H,1,7,10,15-16H2,2H3/b14-12+. The van der Waals surface area contributed by atoms with E-state index in [1.807, 2.05) is 47.4 Å². The molecule has 1 unspecified atom stereocenters. The molecule has 1 fully saturated rings. The van der Waals surface area contributed by atoms with Gasteiger partial charge in [-0.05, 0) is 42.2 Å². The van der Waals surface area contributed by atoms with E-state index in [9.17, 15) is 4.79 Å². The number of methoxy groups -OCH3 is 1. The molecular weight excluding hydrogens is 338 g/mol. The smallest absolute Gasteiger partial charge is 0.247 e. The molecular formula is C23H25NO3. The first-order chi connectivity index (χ1) is 13.2. The van der Waals surface area contributed by atoms with Crippen LogP contribution in [0.25, 0.3) is 6.08 Å². The maximum atomic E-state index is 12.7. The van der Waals surface area contributed by atoms with Gasteiger partial charge in [0.2, 0.25) is 5.91 Å². The molecule has 3 rings (SSSR count). The Balaban J connectivity index is 1.71. The summed E-state index contributed by atoms with van der Waals surface area (Å²) in [5, 5.41) is 0.